The number of phosphoric acid groups is 1. The van der Waals surface area contributed by atoms with Gasteiger partial charge in [0.1, 0.15) is 25.0 Å². The summed E-state index contributed by atoms with van der Waals surface area (Å²) in [7, 11) is -15.5. The van der Waals surface area contributed by atoms with Gasteiger partial charge in [-0.1, -0.05) is 5.16 Å². The predicted octanol–water partition coefficient (Wildman–Crippen LogP) is 8.33. The van der Waals surface area contributed by atoms with Crippen molar-refractivity contribution in [2.45, 2.75) is 136 Å². The molecule has 0 spiro atoms. The molecule has 3 unspecified atom stereocenters. The molecule has 0 amide bonds. The molecule has 10 nitrogen and oxygen atoms in total. The SMILES string of the molecule is CON=C(CO[Si](C)(C)C)C(O[Si](C)(C)C)C(O[Si](C)(C)C)C(COP(=O)(O[Si](C)(C)C)O[Si](C)(C)C)O[Si](C)(C)C. The minimum absolute atomic E-state index is 0.0631. The number of rotatable bonds is 20. The molecule has 0 aromatic rings. The highest BCUT2D eigenvalue weighted by Gasteiger charge is 2.45. The Hall–Kier alpha value is 0.721. The van der Waals surface area contributed by atoms with E-state index in [4.69, 9.17) is 35.5 Å². The van der Waals surface area contributed by atoms with Crippen LogP contribution in [0.1, 0.15) is 0 Å². The van der Waals surface area contributed by atoms with E-state index in [0.717, 1.165) is 0 Å². The van der Waals surface area contributed by atoms with Crippen molar-refractivity contribution in [3.05, 3.63) is 0 Å². The maximum atomic E-state index is 14.1. The van der Waals surface area contributed by atoms with E-state index >= 15 is 0 Å². The smallest absolute Gasteiger partial charge is 0.412 e. The molecule has 0 radical (unpaired) electrons. The second kappa shape index (κ2) is 16.0. The summed E-state index contributed by atoms with van der Waals surface area (Å²) >= 11 is 0. The van der Waals surface area contributed by atoms with Crippen LogP contribution in [0.25, 0.3) is 0 Å². The molecule has 0 aliphatic heterocycles. The first-order valence-electron chi connectivity index (χ1n) is 14.8. The Morgan fingerprint density at radius 2 is 1.05 bits per heavy atom. The van der Waals surface area contributed by atoms with Crippen molar-refractivity contribution >= 4 is 63.4 Å². The van der Waals surface area contributed by atoms with Gasteiger partial charge in [0, 0.05) is 0 Å². The fraction of sp³-hybridized carbons (Fsp3) is 0.960. The largest absolute Gasteiger partial charge is 0.455 e. The molecule has 0 aromatic heterocycles. The Morgan fingerprint density at radius 1 is 0.619 bits per heavy atom. The van der Waals surface area contributed by atoms with Gasteiger partial charge in [-0.2, -0.15) is 0 Å². The molecule has 0 saturated carbocycles. The maximum Gasteiger partial charge on any atom is 0.455 e. The fourth-order valence-electron chi connectivity index (χ4n) is 3.57. The van der Waals surface area contributed by atoms with Gasteiger partial charge >= 0.3 is 7.82 Å². The topological polar surface area (TPSA) is 103 Å². The van der Waals surface area contributed by atoms with Crippen molar-refractivity contribution in [1.29, 1.82) is 0 Å². The normalized spacial score (nSPS) is 17.3. The van der Waals surface area contributed by atoms with Gasteiger partial charge in [0.25, 0.3) is 0 Å². The first-order chi connectivity index (χ1) is 18.3. The van der Waals surface area contributed by atoms with Crippen LogP contribution in [0.3, 0.4) is 0 Å². The van der Waals surface area contributed by atoms with Gasteiger partial charge in [-0.05, 0) is 118 Å². The third kappa shape index (κ3) is 21.5. The highest BCUT2D eigenvalue weighted by Crippen LogP contribution is 2.54. The summed E-state index contributed by atoms with van der Waals surface area (Å²) < 4.78 is 59.3. The minimum Gasteiger partial charge on any atom is -0.412 e. The molecule has 0 N–H and O–H groups in total. The van der Waals surface area contributed by atoms with Crippen LogP contribution < -0.4 is 0 Å². The Balaban J connectivity index is 7.05. The van der Waals surface area contributed by atoms with Gasteiger partial charge in [0.2, 0.25) is 0 Å². The lowest BCUT2D eigenvalue weighted by molar-refractivity contribution is -0.0328. The molecule has 3 atom stereocenters. The van der Waals surface area contributed by atoms with E-state index < -0.39 is 76.0 Å². The van der Waals surface area contributed by atoms with Gasteiger partial charge in [0.15, 0.2) is 49.9 Å². The second-order valence-corrected chi connectivity index (χ2v) is 45.4. The second-order valence-electron chi connectivity index (χ2n) is 16.4. The zero-order valence-electron chi connectivity index (χ0n) is 30.2. The van der Waals surface area contributed by atoms with Crippen LogP contribution in [0.2, 0.25) is 118 Å². The number of hydrogen-bond donors (Lipinski definition) is 0. The predicted molar refractivity (Wildman–Crippen MR) is 191 cm³/mol. The number of nitrogens with zero attached hydrogens (tertiary/aromatic N) is 1. The Bertz CT molecular complexity index is 881. The van der Waals surface area contributed by atoms with E-state index in [1.807, 2.05) is 39.3 Å². The van der Waals surface area contributed by atoms with Crippen molar-refractivity contribution in [2.24, 2.45) is 5.16 Å². The zero-order chi connectivity index (χ0) is 33.6. The summed E-state index contributed by atoms with van der Waals surface area (Å²) in [6.07, 6.45) is -1.93. The highest BCUT2D eigenvalue weighted by molar-refractivity contribution is 7.52. The summed E-state index contributed by atoms with van der Waals surface area (Å²) in [5, 5.41) is 4.42. The third-order valence-corrected chi connectivity index (χ3v) is 15.1. The van der Waals surface area contributed by atoms with Crippen LogP contribution in [0.4, 0.5) is 0 Å². The van der Waals surface area contributed by atoms with Crippen LogP contribution in [-0.2, 0) is 40.1 Å². The molecular weight excluding hydrogens is 658 g/mol. The van der Waals surface area contributed by atoms with Crippen molar-refractivity contribution in [2.75, 3.05) is 20.3 Å². The molecule has 0 saturated heterocycles. The van der Waals surface area contributed by atoms with Gasteiger partial charge in [-0.15, -0.1) is 0 Å². The lowest BCUT2D eigenvalue weighted by atomic mass is 10.0. The van der Waals surface area contributed by atoms with E-state index in [-0.39, 0.29) is 13.2 Å². The highest BCUT2D eigenvalue weighted by atomic mass is 31.2. The lowest BCUT2D eigenvalue weighted by Gasteiger charge is -2.42. The van der Waals surface area contributed by atoms with E-state index in [9.17, 15) is 4.57 Å². The minimum atomic E-state index is -3.91. The van der Waals surface area contributed by atoms with Crippen LogP contribution in [0, 0.1) is 0 Å². The molecule has 0 rings (SSSR count). The summed E-state index contributed by atoms with van der Waals surface area (Å²) in [4.78, 5) is 5.33. The monoisotopic (exact) mass is 721 g/mol. The molecule has 0 aliphatic carbocycles. The van der Waals surface area contributed by atoms with Gasteiger partial charge in [-0.25, -0.2) is 4.57 Å². The number of oxime groups is 1. The molecule has 42 heavy (non-hydrogen) atoms. The zero-order valence-corrected chi connectivity index (χ0v) is 37.1. The Labute approximate surface area is 264 Å². The molecule has 0 heterocycles. The van der Waals surface area contributed by atoms with Crippen LogP contribution in [0.15, 0.2) is 5.16 Å². The van der Waals surface area contributed by atoms with E-state index in [0.29, 0.717) is 5.71 Å². The average Bonchev–Trinajstić information content (AvgIpc) is 2.65. The van der Waals surface area contributed by atoms with Crippen molar-refractivity contribution in [3.8, 4) is 0 Å². The van der Waals surface area contributed by atoms with Gasteiger partial charge in [0.05, 0.1) is 19.3 Å². The first-order valence-corrected chi connectivity index (χ1v) is 36.7. The molecular formula is C25H64NO9PSi6. The van der Waals surface area contributed by atoms with E-state index in [1.165, 1.54) is 7.11 Å². The molecule has 0 aromatic carbocycles. The van der Waals surface area contributed by atoms with Gasteiger partial charge < -0.3 is 31.0 Å². The van der Waals surface area contributed by atoms with Crippen LogP contribution in [-0.4, -0.2) is 94.3 Å². The van der Waals surface area contributed by atoms with Crippen molar-refractivity contribution < 1.29 is 40.1 Å². The average molecular weight is 722 g/mol. The molecule has 0 aliphatic rings. The summed E-state index contributed by atoms with van der Waals surface area (Å²) in [5.74, 6) is 0. The standard InChI is InChI=1S/C25H64NO9PSi6/c1-28-26-22(20-30-37(2,3)4)24(32-39(8,9)10)25(33-40(11,12)13)23(31-38(5,6)7)21-29-36(27,34-41(14,15)16)35-42(17,18)19/h23-25H,20-21H2,1-19H3. The van der Waals surface area contributed by atoms with Gasteiger partial charge in [-0.3, -0.25) is 4.52 Å². The Morgan fingerprint density at radius 3 is 1.38 bits per heavy atom. The number of hydrogen-bond acceptors (Lipinski definition) is 10. The third-order valence-electron chi connectivity index (χ3n) is 4.50. The quantitative estimate of drug-likeness (QED) is 0.0531. The van der Waals surface area contributed by atoms with Crippen LogP contribution >= 0.6 is 7.82 Å². The van der Waals surface area contributed by atoms with E-state index in [2.05, 4.69) is 83.7 Å². The molecule has 17 heteroatoms. The Kier molecular flexibility index (Phi) is 16.3. The maximum absolute atomic E-state index is 14.1. The van der Waals surface area contributed by atoms with E-state index in [1.54, 1.807) is 0 Å². The summed E-state index contributed by atoms with van der Waals surface area (Å²) in [6.45, 7) is 37.4. The fourth-order valence-corrected chi connectivity index (χ4v) is 14.0. The van der Waals surface area contributed by atoms with Crippen molar-refractivity contribution in [3.63, 3.8) is 0 Å². The van der Waals surface area contributed by atoms with Crippen molar-refractivity contribution in [1.82, 2.24) is 0 Å². The lowest BCUT2D eigenvalue weighted by Crippen LogP contribution is -2.57. The first kappa shape index (κ1) is 42.7. The molecule has 0 fully saturated rings. The summed E-state index contributed by atoms with van der Waals surface area (Å²) in [5.41, 5.74) is 0.592. The summed E-state index contributed by atoms with van der Waals surface area (Å²) in [6, 6.07) is 0. The molecule has 0 bridgehead atoms. The molecule has 252 valence electrons. The van der Waals surface area contributed by atoms with Crippen LogP contribution in [0.5, 0.6) is 0 Å².